The molecule has 114 valence electrons. The van der Waals surface area contributed by atoms with Gasteiger partial charge in [-0.3, -0.25) is 9.59 Å². The van der Waals surface area contributed by atoms with Crippen LogP contribution in [-0.4, -0.2) is 15.9 Å². The zero-order valence-electron chi connectivity index (χ0n) is 12.5. The van der Waals surface area contributed by atoms with Gasteiger partial charge in [0.25, 0.3) is 0 Å². The number of primary amides is 1. The van der Waals surface area contributed by atoms with Crippen LogP contribution in [0.2, 0.25) is 0 Å². The molecule has 23 heavy (non-hydrogen) atoms. The third kappa shape index (κ3) is 3.18. The zero-order chi connectivity index (χ0) is 16.4. The van der Waals surface area contributed by atoms with Gasteiger partial charge in [-0.25, -0.2) is 4.98 Å². The van der Waals surface area contributed by atoms with Gasteiger partial charge in [0.05, 0.1) is 0 Å². The number of carbonyl (C=O) groups is 1. The molecule has 5 nitrogen and oxygen atoms in total. The van der Waals surface area contributed by atoms with Gasteiger partial charge in [0.15, 0.2) is 0 Å². The monoisotopic (exact) mass is 305 g/mol. The zero-order valence-corrected chi connectivity index (χ0v) is 12.5. The number of carbonyl (C=O) groups excluding carboxylic acids is 1. The summed E-state index contributed by atoms with van der Waals surface area (Å²) in [4.78, 5) is 29.4. The number of nitrogens with one attached hydrogen (secondary N) is 1. The number of nitrogens with two attached hydrogens (primary N) is 1. The molecule has 0 bridgehead atoms. The standard InChI is InChI=1S/C18H15N3O2/c1-11-2-4-14(17(19)23)9-13(11)5-3-12-8-15-6-7-16(22)21-18(15)20-10-12/h2-10H,1H3,(H2,19,23)(H,20,21,22)/b5-3+. The summed E-state index contributed by atoms with van der Waals surface area (Å²) < 4.78 is 0. The van der Waals surface area contributed by atoms with Crippen LogP contribution >= 0.6 is 0 Å². The van der Waals surface area contributed by atoms with Gasteiger partial charge in [-0.1, -0.05) is 18.2 Å². The number of rotatable bonds is 3. The van der Waals surface area contributed by atoms with Gasteiger partial charge in [0, 0.05) is 23.2 Å². The lowest BCUT2D eigenvalue weighted by atomic mass is 10.0. The van der Waals surface area contributed by atoms with E-state index in [2.05, 4.69) is 9.97 Å². The van der Waals surface area contributed by atoms with E-state index < -0.39 is 5.91 Å². The highest BCUT2D eigenvalue weighted by atomic mass is 16.1. The average Bonchev–Trinajstić information content (AvgIpc) is 2.53. The maximum atomic E-state index is 11.3. The van der Waals surface area contributed by atoms with Gasteiger partial charge in [0.1, 0.15) is 5.65 Å². The van der Waals surface area contributed by atoms with Crippen molar-refractivity contribution in [2.24, 2.45) is 5.73 Å². The smallest absolute Gasteiger partial charge is 0.249 e. The lowest BCUT2D eigenvalue weighted by Crippen LogP contribution is -2.10. The summed E-state index contributed by atoms with van der Waals surface area (Å²) in [5, 5.41) is 0.856. The normalized spacial score (nSPS) is 11.2. The molecule has 0 aliphatic heterocycles. The number of aromatic amines is 1. The van der Waals surface area contributed by atoms with Crippen molar-refractivity contribution in [1.29, 1.82) is 0 Å². The number of pyridine rings is 2. The third-order valence-corrected chi connectivity index (χ3v) is 3.61. The van der Waals surface area contributed by atoms with E-state index in [1.165, 1.54) is 6.07 Å². The summed E-state index contributed by atoms with van der Waals surface area (Å²) >= 11 is 0. The molecule has 3 aromatic rings. The SMILES string of the molecule is Cc1ccc(C(N)=O)cc1/C=C/c1cnc2[nH]c(=O)ccc2c1. The number of hydrogen-bond donors (Lipinski definition) is 2. The summed E-state index contributed by atoms with van der Waals surface area (Å²) in [6.07, 6.45) is 5.50. The Morgan fingerprint density at radius 2 is 2.00 bits per heavy atom. The van der Waals surface area contributed by atoms with E-state index >= 15 is 0 Å². The second-order valence-corrected chi connectivity index (χ2v) is 5.30. The minimum atomic E-state index is -0.448. The fourth-order valence-corrected chi connectivity index (χ4v) is 2.30. The minimum Gasteiger partial charge on any atom is -0.366 e. The molecule has 5 heteroatoms. The van der Waals surface area contributed by atoms with Crippen molar-refractivity contribution >= 4 is 29.1 Å². The Morgan fingerprint density at radius 1 is 1.17 bits per heavy atom. The summed E-state index contributed by atoms with van der Waals surface area (Å²) in [6.45, 7) is 1.97. The number of H-pyrrole nitrogens is 1. The van der Waals surface area contributed by atoms with Gasteiger partial charge in [0.2, 0.25) is 11.5 Å². The molecule has 0 saturated carbocycles. The third-order valence-electron chi connectivity index (χ3n) is 3.61. The Labute approximate surface area is 132 Å². The van der Waals surface area contributed by atoms with Crippen molar-refractivity contribution < 1.29 is 4.79 Å². The number of benzene rings is 1. The van der Waals surface area contributed by atoms with Crippen LogP contribution < -0.4 is 11.3 Å². The number of amides is 1. The lowest BCUT2D eigenvalue weighted by molar-refractivity contribution is 0.100. The van der Waals surface area contributed by atoms with Crippen LogP contribution in [0.1, 0.15) is 27.0 Å². The topological polar surface area (TPSA) is 88.8 Å². The predicted molar refractivity (Wildman–Crippen MR) is 91.0 cm³/mol. The molecule has 3 rings (SSSR count). The molecule has 2 aromatic heterocycles. The van der Waals surface area contributed by atoms with E-state index in [1.54, 1.807) is 24.4 Å². The van der Waals surface area contributed by atoms with Gasteiger partial charge >= 0.3 is 0 Å². The highest BCUT2D eigenvalue weighted by Gasteiger charge is 2.03. The first-order chi connectivity index (χ1) is 11.0. The number of fused-ring (bicyclic) bond motifs is 1. The van der Waals surface area contributed by atoms with E-state index in [0.717, 1.165) is 22.1 Å². The molecular formula is C18H15N3O2. The second kappa shape index (κ2) is 5.88. The van der Waals surface area contributed by atoms with Gasteiger partial charge in [-0.15, -0.1) is 0 Å². The molecule has 0 spiro atoms. The molecule has 0 aliphatic carbocycles. The molecule has 0 aliphatic rings. The first-order valence-electron chi connectivity index (χ1n) is 7.10. The second-order valence-electron chi connectivity index (χ2n) is 5.30. The number of aryl methyl sites for hydroxylation is 1. The van der Waals surface area contributed by atoms with Gasteiger partial charge in [-0.05, 0) is 47.9 Å². The molecule has 1 amide bonds. The van der Waals surface area contributed by atoms with E-state index in [4.69, 9.17) is 5.73 Å². The first-order valence-corrected chi connectivity index (χ1v) is 7.10. The van der Waals surface area contributed by atoms with Crippen LogP contribution in [0.5, 0.6) is 0 Å². The Hall–Kier alpha value is -3.21. The van der Waals surface area contributed by atoms with Crippen LogP contribution in [0.25, 0.3) is 23.2 Å². The Balaban J connectivity index is 1.96. The van der Waals surface area contributed by atoms with Crippen molar-refractivity contribution in [1.82, 2.24) is 9.97 Å². The lowest BCUT2D eigenvalue weighted by Gasteiger charge is -2.03. The predicted octanol–water partition coefficient (Wildman–Crippen LogP) is 2.50. The van der Waals surface area contributed by atoms with Crippen LogP contribution in [0.4, 0.5) is 0 Å². The van der Waals surface area contributed by atoms with Crippen molar-refractivity contribution in [3.8, 4) is 0 Å². The number of nitrogens with zero attached hydrogens (tertiary/aromatic N) is 1. The van der Waals surface area contributed by atoms with E-state index in [0.29, 0.717) is 11.2 Å². The molecule has 0 fully saturated rings. The molecule has 0 atom stereocenters. The molecule has 0 radical (unpaired) electrons. The molecule has 0 unspecified atom stereocenters. The van der Waals surface area contributed by atoms with Crippen LogP contribution in [-0.2, 0) is 0 Å². The maximum absolute atomic E-state index is 11.3. The van der Waals surface area contributed by atoms with Crippen molar-refractivity contribution in [2.45, 2.75) is 6.92 Å². The maximum Gasteiger partial charge on any atom is 0.249 e. The Kier molecular flexibility index (Phi) is 3.76. The summed E-state index contributed by atoms with van der Waals surface area (Å²) in [5.41, 5.74) is 9.03. The quantitative estimate of drug-likeness (QED) is 0.779. The van der Waals surface area contributed by atoms with Crippen LogP contribution in [0.3, 0.4) is 0 Å². The molecular weight excluding hydrogens is 290 g/mol. The van der Waals surface area contributed by atoms with Crippen LogP contribution in [0.15, 0.2) is 47.4 Å². The molecule has 3 N–H and O–H groups in total. The fourth-order valence-electron chi connectivity index (χ4n) is 2.30. The highest BCUT2D eigenvalue weighted by molar-refractivity contribution is 5.94. The molecule has 0 saturated heterocycles. The van der Waals surface area contributed by atoms with E-state index in [-0.39, 0.29) is 5.56 Å². The fraction of sp³-hybridized carbons (Fsp3) is 0.0556. The summed E-state index contributed by atoms with van der Waals surface area (Å²) in [6, 6.07) is 10.5. The summed E-state index contributed by atoms with van der Waals surface area (Å²) in [7, 11) is 0. The van der Waals surface area contributed by atoms with Crippen molar-refractivity contribution in [2.75, 3.05) is 0 Å². The average molecular weight is 305 g/mol. The molecule has 2 heterocycles. The van der Waals surface area contributed by atoms with Gasteiger partial charge < -0.3 is 10.7 Å². The minimum absolute atomic E-state index is 0.174. The van der Waals surface area contributed by atoms with E-state index in [1.807, 2.05) is 31.2 Å². The Bertz CT molecular complexity index is 987. The Morgan fingerprint density at radius 3 is 2.78 bits per heavy atom. The highest BCUT2D eigenvalue weighted by Crippen LogP contribution is 2.16. The van der Waals surface area contributed by atoms with Crippen LogP contribution in [0, 0.1) is 6.92 Å². The van der Waals surface area contributed by atoms with E-state index in [9.17, 15) is 9.59 Å². The first kappa shape index (κ1) is 14.7. The number of aromatic nitrogens is 2. The largest absolute Gasteiger partial charge is 0.366 e. The summed E-state index contributed by atoms with van der Waals surface area (Å²) in [5.74, 6) is -0.448. The van der Waals surface area contributed by atoms with Crippen molar-refractivity contribution in [3.05, 3.63) is 75.2 Å². The molecule has 1 aromatic carbocycles. The van der Waals surface area contributed by atoms with Crippen molar-refractivity contribution in [3.63, 3.8) is 0 Å². The van der Waals surface area contributed by atoms with Gasteiger partial charge in [-0.2, -0.15) is 0 Å². The number of hydrogen-bond acceptors (Lipinski definition) is 3.